The largest absolute Gasteiger partial charge is 0.377 e. The van der Waals surface area contributed by atoms with Crippen LogP contribution in [0, 0.1) is 5.41 Å². The van der Waals surface area contributed by atoms with Crippen molar-refractivity contribution in [2.75, 3.05) is 26.2 Å². The van der Waals surface area contributed by atoms with Gasteiger partial charge in [0.15, 0.2) is 0 Å². The van der Waals surface area contributed by atoms with E-state index < -0.39 is 0 Å². The van der Waals surface area contributed by atoms with Crippen LogP contribution in [0.2, 0.25) is 0 Å². The molecule has 0 aromatic heterocycles. The Morgan fingerprint density at radius 1 is 1.57 bits per heavy atom. The van der Waals surface area contributed by atoms with Gasteiger partial charge in [-0.05, 0) is 13.3 Å². The molecule has 1 atom stereocenters. The third-order valence-corrected chi connectivity index (χ3v) is 2.49. The summed E-state index contributed by atoms with van der Waals surface area (Å²) in [6, 6.07) is 0. The highest BCUT2D eigenvalue weighted by Crippen LogP contribution is 2.15. The van der Waals surface area contributed by atoms with Gasteiger partial charge in [-0.25, -0.2) is 0 Å². The average Bonchev–Trinajstić information content (AvgIpc) is 2.29. The molecule has 1 heterocycles. The maximum absolute atomic E-state index is 10.8. The Kier molecular flexibility index (Phi) is 4.08. The highest BCUT2D eigenvalue weighted by Gasteiger charge is 2.23. The lowest BCUT2D eigenvalue weighted by Gasteiger charge is -2.28. The molecule has 1 aliphatic rings. The van der Waals surface area contributed by atoms with Crippen LogP contribution in [0.3, 0.4) is 0 Å². The lowest BCUT2D eigenvalue weighted by molar-refractivity contribution is -0.115. The number of carbonyl (C=O) groups is 1. The van der Waals surface area contributed by atoms with Crippen molar-refractivity contribution in [3.8, 4) is 0 Å². The van der Waals surface area contributed by atoms with E-state index in [0.29, 0.717) is 6.10 Å². The number of hydrogen-bond acceptors (Lipinski definition) is 3. The second-order valence-corrected chi connectivity index (χ2v) is 4.88. The van der Waals surface area contributed by atoms with Gasteiger partial charge < -0.3 is 9.53 Å². The number of rotatable bonds is 3. The van der Waals surface area contributed by atoms with Crippen molar-refractivity contribution in [1.82, 2.24) is 4.90 Å². The Morgan fingerprint density at radius 3 is 2.93 bits per heavy atom. The van der Waals surface area contributed by atoms with Gasteiger partial charge in [-0.1, -0.05) is 13.8 Å². The van der Waals surface area contributed by atoms with Crippen LogP contribution in [0.1, 0.15) is 27.2 Å². The van der Waals surface area contributed by atoms with Gasteiger partial charge in [0, 0.05) is 31.7 Å². The first kappa shape index (κ1) is 11.7. The molecular formula is C11H21NO2. The van der Waals surface area contributed by atoms with Crippen LogP contribution >= 0.6 is 0 Å². The van der Waals surface area contributed by atoms with Crippen LogP contribution in [0.15, 0.2) is 0 Å². The Labute approximate surface area is 86.4 Å². The van der Waals surface area contributed by atoms with Crippen molar-refractivity contribution >= 4 is 6.29 Å². The third-order valence-electron chi connectivity index (χ3n) is 2.49. The summed E-state index contributed by atoms with van der Waals surface area (Å²) in [5.41, 5.74) is -0.232. The van der Waals surface area contributed by atoms with Crippen molar-refractivity contribution < 1.29 is 9.53 Å². The predicted octanol–water partition coefficient (Wildman–Crippen LogP) is 1.32. The molecule has 0 saturated carbocycles. The van der Waals surface area contributed by atoms with E-state index in [1.165, 1.54) is 0 Å². The van der Waals surface area contributed by atoms with Crippen LogP contribution in [0.4, 0.5) is 0 Å². The standard InChI is InChI=1S/C11H21NO2/c1-10-7-12(5-4-6-14-10)8-11(2,3)9-13/h9-10H,4-8H2,1-3H3. The monoisotopic (exact) mass is 199 g/mol. The molecule has 82 valence electrons. The zero-order valence-electron chi connectivity index (χ0n) is 9.45. The van der Waals surface area contributed by atoms with Crippen LogP contribution in [-0.2, 0) is 9.53 Å². The molecule has 0 aromatic rings. The molecule has 3 heteroatoms. The van der Waals surface area contributed by atoms with Crippen molar-refractivity contribution in [1.29, 1.82) is 0 Å². The zero-order valence-corrected chi connectivity index (χ0v) is 9.45. The molecule has 14 heavy (non-hydrogen) atoms. The molecule has 1 saturated heterocycles. The van der Waals surface area contributed by atoms with E-state index in [-0.39, 0.29) is 5.41 Å². The lowest BCUT2D eigenvalue weighted by atomic mass is 9.95. The van der Waals surface area contributed by atoms with E-state index in [2.05, 4.69) is 11.8 Å². The van der Waals surface area contributed by atoms with Crippen LogP contribution in [0.25, 0.3) is 0 Å². The molecule has 3 nitrogen and oxygen atoms in total. The molecule has 0 aromatic carbocycles. The van der Waals surface area contributed by atoms with Gasteiger partial charge in [0.05, 0.1) is 6.10 Å². The molecular weight excluding hydrogens is 178 g/mol. The van der Waals surface area contributed by atoms with E-state index in [0.717, 1.165) is 38.9 Å². The Hall–Kier alpha value is -0.410. The normalized spacial score (nSPS) is 25.8. The number of carbonyl (C=O) groups excluding carboxylic acids is 1. The van der Waals surface area contributed by atoms with Gasteiger partial charge in [-0.15, -0.1) is 0 Å². The summed E-state index contributed by atoms with van der Waals surface area (Å²) in [5, 5.41) is 0. The fourth-order valence-corrected chi connectivity index (χ4v) is 1.84. The molecule has 1 rings (SSSR count). The third kappa shape index (κ3) is 3.76. The van der Waals surface area contributed by atoms with Crippen LogP contribution < -0.4 is 0 Å². The lowest BCUT2D eigenvalue weighted by Crippen LogP contribution is -2.38. The zero-order chi connectivity index (χ0) is 10.6. The highest BCUT2D eigenvalue weighted by atomic mass is 16.5. The van der Waals surface area contributed by atoms with E-state index >= 15 is 0 Å². The summed E-state index contributed by atoms with van der Waals surface area (Å²) in [6.45, 7) is 9.72. The van der Waals surface area contributed by atoms with Gasteiger partial charge in [-0.2, -0.15) is 0 Å². The molecule has 1 aliphatic heterocycles. The smallest absolute Gasteiger partial charge is 0.126 e. The maximum Gasteiger partial charge on any atom is 0.126 e. The molecule has 0 bridgehead atoms. The van der Waals surface area contributed by atoms with Crippen molar-refractivity contribution in [2.45, 2.75) is 33.3 Å². The predicted molar refractivity (Wildman–Crippen MR) is 56.3 cm³/mol. The molecule has 0 spiro atoms. The van der Waals surface area contributed by atoms with Crippen molar-refractivity contribution in [2.24, 2.45) is 5.41 Å². The van der Waals surface area contributed by atoms with Gasteiger partial charge in [-0.3, -0.25) is 4.90 Å². The van der Waals surface area contributed by atoms with Crippen molar-refractivity contribution in [3.63, 3.8) is 0 Å². The Balaban J connectivity index is 2.46. The topological polar surface area (TPSA) is 29.5 Å². The van der Waals surface area contributed by atoms with Gasteiger partial charge in [0.2, 0.25) is 0 Å². The number of hydrogen-bond donors (Lipinski definition) is 0. The summed E-state index contributed by atoms with van der Waals surface area (Å²) in [4.78, 5) is 13.1. The molecule has 0 amide bonds. The molecule has 0 aliphatic carbocycles. The van der Waals surface area contributed by atoms with E-state index in [9.17, 15) is 4.79 Å². The van der Waals surface area contributed by atoms with Gasteiger partial charge >= 0.3 is 0 Å². The fraction of sp³-hybridized carbons (Fsp3) is 0.909. The van der Waals surface area contributed by atoms with E-state index in [1.807, 2.05) is 13.8 Å². The number of aldehydes is 1. The van der Waals surface area contributed by atoms with Crippen molar-refractivity contribution in [3.05, 3.63) is 0 Å². The second kappa shape index (κ2) is 4.89. The first-order valence-electron chi connectivity index (χ1n) is 5.34. The fourth-order valence-electron chi connectivity index (χ4n) is 1.84. The van der Waals surface area contributed by atoms with Gasteiger partial charge in [0.25, 0.3) is 0 Å². The average molecular weight is 199 g/mol. The van der Waals surface area contributed by atoms with Gasteiger partial charge in [0.1, 0.15) is 6.29 Å². The number of ether oxygens (including phenoxy) is 1. The Bertz CT molecular complexity index is 192. The minimum absolute atomic E-state index is 0.232. The van der Waals surface area contributed by atoms with Crippen LogP contribution in [-0.4, -0.2) is 43.5 Å². The first-order valence-corrected chi connectivity index (χ1v) is 5.34. The molecule has 1 fully saturated rings. The molecule has 0 N–H and O–H groups in total. The second-order valence-electron chi connectivity index (χ2n) is 4.88. The minimum Gasteiger partial charge on any atom is -0.377 e. The summed E-state index contributed by atoms with van der Waals surface area (Å²) in [6.07, 6.45) is 2.41. The summed E-state index contributed by atoms with van der Waals surface area (Å²) >= 11 is 0. The molecule has 0 radical (unpaired) electrons. The maximum atomic E-state index is 10.8. The number of nitrogens with zero attached hydrogens (tertiary/aromatic N) is 1. The van der Waals surface area contributed by atoms with E-state index in [4.69, 9.17) is 4.74 Å². The summed E-state index contributed by atoms with van der Waals surface area (Å²) < 4.78 is 5.55. The summed E-state index contributed by atoms with van der Waals surface area (Å²) in [7, 11) is 0. The Morgan fingerprint density at radius 2 is 2.29 bits per heavy atom. The minimum atomic E-state index is -0.232. The summed E-state index contributed by atoms with van der Waals surface area (Å²) in [5.74, 6) is 0. The molecule has 1 unspecified atom stereocenters. The SMILES string of the molecule is CC1CN(CC(C)(C)C=O)CCCO1. The first-order chi connectivity index (χ1) is 6.53. The highest BCUT2D eigenvalue weighted by molar-refractivity contribution is 5.58. The van der Waals surface area contributed by atoms with Crippen LogP contribution in [0.5, 0.6) is 0 Å². The van der Waals surface area contributed by atoms with E-state index in [1.54, 1.807) is 0 Å². The quantitative estimate of drug-likeness (QED) is 0.642.